The Bertz CT molecular complexity index is 1020. The monoisotopic (exact) mass is 403 g/mol. The first-order chi connectivity index (χ1) is 12.8. The molecule has 3 rings (SSSR count). The molecule has 0 radical (unpaired) electrons. The van der Waals surface area contributed by atoms with Gasteiger partial charge >= 0.3 is 5.69 Å². The van der Waals surface area contributed by atoms with Crippen LogP contribution in [0, 0.1) is 20.2 Å². The molecule has 1 amide bonds. The molecule has 11 heteroatoms. The molecule has 0 aromatic heterocycles. The zero-order chi connectivity index (χ0) is 19.7. The topological polar surface area (TPSA) is 127 Å². The van der Waals surface area contributed by atoms with Crippen LogP contribution in [0.15, 0.2) is 47.4 Å². The number of carbonyl (C=O) groups excluding carboxylic acids is 1. The van der Waals surface area contributed by atoms with Crippen molar-refractivity contribution in [2.24, 2.45) is 0 Å². The minimum Gasteiger partial charge on any atom is -0.502 e. The number of hydrogen-bond acceptors (Lipinski definition) is 8. The van der Waals surface area contributed by atoms with Crippen molar-refractivity contribution in [2.45, 2.75) is 0 Å². The van der Waals surface area contributed by atoms with Crippen molar-refractivity contribution in [3.8, 4) is 5.75 Å². The fraction of sp³-hybridized carbons (Fsp3) is 0. The Hall–Kier alpha value is -3.31. The van der Waals surface area contributed by atoms with Gasteiger partial charge in [-0.3, -0.25) is 29.9 Å². The summed E-state index contributed by atoms with van der Waals surface area (Å²) >= 11 is 6.21. The van der Waals surface area contributed by atoms with Crippen LogP contribution in [0.2, 0.25) is 0 Å². The average molecular weight is 403 g/mol. The molecule has 1 N–H and O–H groups in total. The van der Waals surface area contributed by atoms with E-state index in [2.05, 4.69) is 0 Å². The lowest BCUT2D eigenvalue weighted by molar-refractivity contribution is -0.385. The van der Waals surface area contributed by atoms with Gasteiger partial charge in [-0.05, 0) is 29.8 Å². The molecule has 136 valence electrons. The Morgan fingerprint density at radius 1 is 1.07 bits per heavy atom. The second kappa shape index (κ2) is 7.13. The van der Waals surface area contributed by atoms with Crippen LogP contribution < -0.4 is 4.90 Å². The molecule has 0 saturated carbocycles. The van der Waals surface area contributed by atoms with Crippen LogP contribution in [-0.4, -0.2) is 25.2 Å². The summed E-state index contributed by atoms with van der Waals surface area (Å²) in [5.74, 6) is -0.926. The van der Waals surface area contributed by atoms with E-state index in [1.165, 1.54) is 47.4 Å². The van der Waals surface area contributed by atoms with Gasteiger partial charge in [0.2, 0.25) is 0 Å². The van der Waals surface area contributed by atoms with Gasteiger partial charge in [0.05, 0.1) is 20.4 Å². The summed E-state index contributed by atoms with van der Waals surface area (Å²) in [5.41, 5.74) is 0.137. The number of nitro groups is 2. The lowest BCUT2D eigenvalue weighted by Crippen LogP contribution is -2.27. The zero-order valence-electron chi connectivity index (χ0n) is 13.3. The maximum Gasteiger partial charge on any atom is 0.311 e. The van der Waals surface area contributed by atoms with E-state index in [1.54, 1.807) is 0 Å². The van der Waals surface area contributed by atoms with Gasteiger partial charge in [0.1, 0.15) is 0 Å². The number of thioether (sulfide) groups is 1. The highest BCUT2D eigenvalue weighted by Crippen LogP contribution is 2.37. The van der Waals surface area contributed by atoms with Crippen molar-refractivity contribution in [1.29, 1.82) is 0 Å². The molecular weight excluding hydrogens is 394 g/mol. The van der Waals surface area contributed by atoms with Crippen molar-refractivity contribution in [3.05, 3.63) is 73.2 Å². The highest BCUT2D eigenvalue weighted by Gasteiger charge is 2.33. The van der Waals surface area contributed by atoms with E-state index in [1.807, 2.05) is 0 Å². The van der Waals surface area contributed by atoms with Crippen LogP contribution in [0.25, 0.3) is 6.08 Å². The summed E-state index contributed by atoms with van der Waals surface area (Å²) in [6.45, 7) is 0. The van der Waals surface area contributed by atoms with Crippen LogP contribution in [0.5, 0.6) is 5.75 Å². The molecule has 0 unspecified atom stereocenters. The predicted molar refractivity (Wildman–Crippen MR) is 104 cm³/mol. The normalized spacial score (nSPS) is 15.4. The van der Waals surface area contributed by atoms with E-state index in [0.29, 0.717) is 11.3 Å². The molecule has 0 bridgehead atoms. The smallest absolute Gasteiger partial charge is 0.311 e. The molecule has 0 aliphatic carbocycles. The average Bonchev–Trinajstić information content (AvgIpc) is 2.90. The molecule has 1 saturated heterocycles. The Labute approximate surface area is 161 Å². The number of phenols is 1. The second-order valence-corrected chi connectivity index (χ2v) is 6.97. The Kier molecular flexibility index (Phi) is 4.88. The van der Waals surface area contributed by atoms with Crippen LogP contribution in [0.4, 0.5) is 17.1 Å². The molecule has 0 spiro atoms. The maximum atomic E-state index is 12.7. The number of carbonyl (C=O) groups is 1. The molecule has 2 aromatic rings. The fourth-order valence-electron chi connectivity index (χ4n) is 2.34. The highest BCUT2D eigenvalue weighted by atomic mass is 32.2. The fourth-order valence-corrected chi connectivity index (χ4v) is 3.64. The third-order valence-corrected chi connectivity index (χ3v) is 4.91. The summed E-state index contributed by atoms with van der Waals surface area (Å²) in [6, 6.07) is 9.10. The lowest BCUT2D eigenvalue weighted by atomic mass is 10.1. The molecule has 1 aliphatic rings. The van der Waals surface area contributed by atoms with E-state index in [4.69, 9.17) is 12.2 Å². The molecule has 1 aliphatic heterocycles. The van der Waals surface area contributed by atoms with Crippen molar-refractivity contribution in [3.63, 3.8) is 0 Å². The maximum absolute atomic E-state index is 12.7. The summed E-state index contributed by atoms with van der Waals surface area (Å²) < 4.78 is 0.230. The first-order valence-electron chi connectivity index (χ1n) is 7.28. The largest absolute Gasteiger partial charge is 0.502 e. The van der Waals surface area contributed by atoms with Gasteiger partial charge in [-0.2, -0.15) is 0 Å². The number of nitro benzene ring substituents is 2. The van der Waals surface area contributed by atoms with Crippen LogP contribution in [-0.2, 0) is 4.79 Å². The molecule has 1 fully saturated rings. The predicted octanol–water partition coefficient (Wildman–Crippen LogP) is 3.61. The van der Waals surface area contributed by atoms with E-state index >= 15 is 0 Å². The summed E-state index contributed by atoms with van der Waals surface area (Å²) in [5, 5.41) is 31.2. The van der Waals surface area contributed by atoms with E-state index < -0.39 is 27.2 Å². The number of aromatic hydroxyl groups is 1. The number of nitrogens with zero attached hydrogens (tertiary/aromatic N) is 3. The molecule has 0 atom stereocenters. The van der Waals surface area contributed by atoms with Crippen molar-refractivity contribution in [1.82, 2.24) is 0 Å². The highest BCUT2D eigenvalue weighted by molar-refractivity contribution is 8.27. The first-order valence-corrected chi connectivity index (χ1v) is 8.50. The number of thiocarbonyl (C=S) groups is 1. The molecular formula is C16H9N3O6S2. The van der Waals surface area contributed by atoms with Gasteiger partial charge < -0.3 is 5.11 Å². The number of amides is 1. The number of benzene rings is 2. The SMILES string of the molecule is O=C1/C(=C\c2ccc(O)c([N+](=O)[O-])c2)SC(=S)N1c1ccc([N+](=O)[O-])cc1. The first kappa shape index (κ1) is 18.5. The van der Waals surface area contributed by atoms with Crippen molar-refractivity contribution < 1.29 is 19.7 Å². The quantitative estimate of drug-likeness (QED) is 0.355. The number of non-ortho nitro benzene ring substituents is 1. The molecule has 27 heavy (non-hydrogen) atoms. The van der Waals surface area contributed by atoms with Crippen LogP contribution >= 0.6 is 24.0 Å². The second-order valence-electron chi connectivity index (χ2n) is 5.30. The number of hydrogen-bond donors (Lipinski definition) is 1. The van der Waals surface area contributed by atoms with Gasteiger partial charge in [0.25, 0.3) is 11.6 Å². The van der Waals surface area contributed by atoms with E-state index in [-0.39, 0.29) is 14.9 Å². The van der Waals surface area contributed by atoms with Gasteiger partial charge in [0.15, 0.2) is 10.1 Å². The Morgan fingerprint density at radius 3 is 2.33 bits per heavy atom. The molecule has 1 heterocycles. The number of anilines is 1. The minimum absolute atomic E-state index is 0.115. The Balaban J connectivity index is 1.92. The number of phenolic OH excluding ortho intramolecular Hbond substituents is 1. The van der Waals surface area contributed by atoms with Gasteiger partial charge in [-0.25, -0.2) is 0 Å². The summed E-state index contributed by atoms with van der Waals surface area (Å²) in [6.07, 6.45) is 1.43. The van der Waals surface area contributed by atoms with Crippen molar-refractivity contribution in [2.75, 3.05) is 4.90 Å². The van der Waals surface area contributed by atoms with E-state index in [0.717, 1.165) is 17.8 Å². The summed E-state index contributed by atoms with van der Waals surface area (Å²) in [4.78, 5) is 34.5. The summed E-state index contributed by atoms with van der Waals surface area (Å²) in [7, 11) is 0. The third kappa shape index (κ3) is 3.64. The minimum atomic E-state index is -0.727. The van der Waals surface area contributed by atoms with Crippen LogP contribution in [0.3, 0.4) is 0 Å². The Morgan fingerprint density at radius 2 is 1.74 bits per heavy atom. The lowest BCUT2D eigenvalue weighted by Gasteiger charge is -2.13. The zero-order valence-corrected chi connectivity index (χ0v) is 14.9. The van der Waals surface area contributed by atoms with Gasteiger partial charge in [-0.1, -0.05) is 30.0 Å². The third-order valence-electron chi connectivity index (χ3n) is 3.61. The molecule has 2 aromatic carbocycles. The van der Waals surface area contributed by atoms with Crippen molar-refractivity contribution >= 4 is 57.3 Å². The number of rotatable bonds is 4. The molecule has 9 nitrogen and oxygen atoms in total. The standard InChI is InChI=1S/C16H9N3O6S2/c20-13-6-1-9(7-12(13)19(24)25)8-14-15(21)17(16(26)27-14)10-2-4-11(5-3-10)18(22)23/h1-8,20H/b14-8+. The van der Waals surface area contributed by atoms with Gasteiger partial charge in [0, 0.05) is 18.2 Å². The van der Waals surface area contributed by atoms with E-state index in [9.17, 15) is 30.1 Å². The van der Waals surface area contributed by atoms with Crippen LogP contribution in [0.1, 0.15) is 5.56 Å². The van der Waals surface area contributed by atoms with Gasteiger partial charge in [-0.15, -0.1) is 0 Å².